The second-order valence-corrected chi connectivity index (χ2v) is 5.45. The number of primary amides is 1. The summed E-state index contributed by atoms with van der Waals surface area (Å²) >= 11 is 6.21. The normalized spacial score (nSPS) is 11.0. The number of amides is 1. The fraction of sp³-hybridized carbons (Fsp3) is 0.125. The number of para-hydroxylation sites is 2. The molecular formula is C16H15ClN4O. The topological polar surface area (TPSA) is 76.8 Å². The summed E-state index contributed by atoms with van der Waals surface area (Å²) in [4.78, 5) is 11.3. The van der Waals surface area contributed by atoms with E-state index in [0.717, 1.165) is 16.6 Å². The summed E-state index contributed by atoms with van der Waals surface area (Å²) in [6, 6.07) is 15.1. The van der Waals surface area contributed by atoms with Gasteiger partial charge in [0.15, 0.2) is 0 Å². The molecule has 2 aromatic carbocycles. The van der Waals surface area contributed by atoms with E-state index in [4.69, 9.17) is 22.7 Å². The lowest BCUT2D eigenvalue weighted by molar-refractivity contribution is -0.118. The lowest BCUT2D eigenvalue weighted by atomic mass is 10.2. The van der Waals surface area contributed by atoms with Crippen molar-refractivity contribution < 1.29 is 4.79 Å². The Balaban J connectivity index is 2.18. The number of aromatic nitrogens is 2. The van der Waals surface area contributed by atoms with Crippen LogP contribution in [0.15, 0.2) is 48.5 Å². The molecule has 0 atom stereocenters. The molecule has 0 aliphatic rings. The van der Waals surface area contributed by atoms with Gasteiger partial charge in [0.2, 0.25) is 11.5 Å². The second-order valence-electron chi connectivity index (χ2n) is 5.04. The van der Waals surface area contributed by atoms with Crippen LogP contribution in [0.4, 0.5) is 0 Å². The molecule has 3 rings (SSSR count). The number of nitrogens with two attached hydrogens (primary N) is 1. The van der Waals surface area contributed by atoms with Gasteiger partial charge in [0.1, 0.15) is 6.54 Å². The highest BCUT2D eigenvalue weighted by atomic mass is 35.5. The molecule has 0 aliphatic heterocycles. The number of fused-ring (bicyclic) bond motifs is 1. The van der Waals surface area contributed by atoms with E-state index in [9.17, 15) is 4.79 Å². The molecule has 0 saturated heterocycles. The predicted octanol–water partition coefficient (Wildman–Crippen LogP) is 2.11. The van der Waals surface area contributed by atoms with Crippen LogP contribution in [0.2, 0.25) is 5.02 Å². The number of carbonyl (C=O) groups is 1. The van der Waals surface area contributed by atoms with E-state index in [2.05, 4.69) is 0 Å². The zero-order valence-corrected chi connectivity index (χ0v) is 12.5. The number of benzene rings is 2. The van der Waals surface area contributed by atoms with E-state index in [1.807, 2.05) is 53.1 Å². The third kappa shape index (κ3) is 2.51. The molecule has 22 heavy (non-hydrogen) atoms. The fourth-order valence-electron chi connectivity index (χ4n) is 2.57. The van der Waals surface area contributed by atoms with Crippen molar-refractivity contribution in [1.29, 1.82) is 5.41 Å². The maximum absolute atomic E-state index is 11.3. The third-order valence-corrected chi connectivity index (χ3v) is 3.94. The summed E-state index contributed by atoms with van der Waals surface area (Å²) in [6.07, 6.45) is 0. The summed E-state index contributed by atoms with van der Waals surface area (Å²) in [7, 11) is 0. The summed E-state index contributed by atoms with van der Waals surface area (Å²) in [5.74, 6) is -0.473. The minimum Gasteiger partial charge on any atom is -0.368 e. The molecule has 112 valence electrons. The average Bonchev–Trinajstić information content (AvgIpc) is 2.75. The highest BCUT2D eigenvalue weighted by molar-refractivity contribution is 6.31. The first-order valence-corrected chi connectivity index (χ1v) is 7.20. The van der Waals surface area contributed by atoms with Crippen molar-refractivity contribution in [3.8, 4) is 0 Å². The first kappa shape index (κ1) is 14.4. The molecule has 0 fully saturated rings. The summed E-state index contributed by atoms with van der Waals surface area (Å²) < 4.78 is 3.42. The van der Waals surface area contributed by atoms with Gasteiger partial charge in [-0.1, -0.05) is 41.9 Å². The molecule has 0 saturated carbocycles. The maximum Gasteiger partial charge on any atom is 0.237 e. The summed E-state index contributed by atoms with van der Waals surface area (Å²) in [5, 5.41) is 9.02. The molecule has 0 bridgehead atoms. The van der Waals surface area contributed by atoms with Crippen molar-refractivity contribution in [2.75, 3.05) is 0 Å². The Morgan fingerprint density at radius 3 is 2.27 bits per heavy atom. The van der Waals surface area contributed by atoms with Gasteiger partial charge in [0, 0.05) is 5.02 Å². The van der Waals surface area contributed by atoms with Gasteiger partial charge in [-0.05, 0) is 23.8 Å². The Labute approximate surface area is 132 Å². The summed E-state index contributed by atoms with van der Waals surface area (Å²) in [6.45, 7) is 0.444. The van der Waals surface area contributed by atoms with Crippen molar-refractivity contribution in [1.82, 2.24) is 9.13 Å². The Hall–Kier alpha value is -2.53. The zero-order valence-electron chi connectivity index (χ0n) is 11.8. The smallest absolute Gasteiger partial charge is 0.237 e. The summed E-state index contributed by atoms with van der Waals surface area (Å²) in [5.41, 5.74) is 8.11. The van der Waals surface area contributed by atoms with E-state index in [1.165, 1.54) is 0 Å². The number of halogens is 1. The number of carbonyl (C=O) groups excluding carboxylic acids is 1. The molecule has 0 aliphatic carbocycles. The van der Waals surface area contributed by atoms with E-state index in [-0.39, 0.29) is 12.2 Å². The second kappa shape index (κ2) is 5.69. The van der Waals surface area contributed by atoms with Gasteiger partial charge < -0.3 is 14.9 Å². The van der Waals surface area contributed by atoms with Crippen LogP contribution >= 0.6 is 11.6 Å². The molecule has 3 N–H and O–H groups in total. The molecule has 1 heterocycles. The zero-order chi connectivity index (χ0) is 15.7. The van der Waals surface area contributed by atoms with Crippen LogP contribution in [0.1, 0.15) is 5.56 Å². The largest absolute Gasteiger partial charge is 0.368 e. The van der Waals surface area contributed by atoms with Gasteiger partial charge in [-0.2, -0.15) is 0 Å². The highest BCUT2D eigenvalue weighted by Gasteiger charge is 2.13. The van der Waals surface area contributed by atoms with Crippen LogP contribution in [0.5, 0.6) is 0 Å². The van der Waals surface area contributed by atoms with Gasteiger partial charge in [-0.15, -0.1) is 0 Å². The van der Waals surface area contributed by atoms with Gasteiger partial charge in [0.05, 0.1) is 17.6 Å². The molecule has 0 unspecified atom stereocenters. The number of nitrogens with one attached hydrogen (secondary N) is 1. The number of hydrogen-bond donors (Lipinski definition) is 2. The first-order chi connectivity index (χ1) is 10.6. The molecule has 3 aromatic rings. The van der Waals surface area contributed by atoms with Crippen LogP contribution in [0.25, 0.3) is 11.0 Å². The number of imidazole rings is 1. The van der Waals surface area contributed by atoms with Crippen LogP contribution in [0.3, 0.4) is 0 Å². The fourth-order valence-corrected chi connectivity index (χ4v) is 2.76. The van der Waals surface area contributed by atoms with E-state index < -0.39 is 5.91 Å². The lowest BCUT2D eigenvalue weighted by Gasteiger charge is -2.06. The molecule has 1 aromatic heterocycles. The number of nitrogens with zero attached hydrogens (tertiary/aromatic N) is 2. The highest BCUT2D eigenvalue weighted by Crippen LogP contribution is 2.19. The van der Waals surface area contributed by atoms with E-state index in [0.29, 0.717) is 11.6 Å². The monoisotopic (exact) mass is 314 g/mol. The van der Waals surface area contributed by atoms with E-state index >= 15 is 0 Å². The van der Waals surface area contributed by atoms with Gasteiger partial charge in [-0.25, -0.2) is 0 Å². The van der Waals surface area contributed by atoms with Crippen molar-refractivity contribution in [2.24, 2.45) is 5.73 Å². The Kier molecular flexibility index (Phi) is 3.73. The molecule has 0 radical (unpaired) electrons. The van der Waals surface area contributed by atoms with Gasteiger partial charge in [0.25, 0.3) is 0 Å². The molecule has 6 heteroatoms. The quantitative estimate of drug-likeness (QED) is 0.760. The first-order valence-electron chi connectivity index (χ1n) is 6.82. The Morgan fingerprint density at radius 2 is 1.64 bits per heavy atom. The van der Waals surface area contributed by atoms with Crippen LogP contribution in [0, 0.1) is 5.41 Å². The minimum atomic E-state index is -0.473. The molecular weight excluding hydrogens is 300 g/mol. The number of rotatable bonds is 4. The Bertz CT molecular complexity index is 910. The van der Waals surface area contributed by atoms with Crippen LogP contribution < -0.4 is 11.4 Å². The lowest BCUT2D eigenvalue weighted by Crippen LogP contribution is -2.30. The molecule has 1 amide bonds. The van der Waals surface area contributed by atoms with Crippen molar-refractivity contribution in [3.05, 3.63) is 64.7 Å². The maximum atomic E-state index is 11.3. The van der Waals surface area contributed by atoms with Crippen molar-refractivity contribution >= 4 is 28.5 Å². The van der Waals surface area contributed by atoms with Crippen LogP contribution in [-0.2, 0) is 17.9 Å². The predicted molar refractivity (Wildman–Crippen MR) is 85.5 cm³/mol. The van der Waals surface area contributed by atoms with Crippen molar-refractivity contribution in [2.45, 2.75) is 13.1 Å². The Morgan fingerprint density at radius 1 is 1.05 bits per heavy atom. The minimum absolute atomic E-state index is 0.0190. The van der Waals surface area contributed by atoms with Crippen molar-refractivity contribution in [3.63, 3.8) is 0 Å². The third-order valence-electron chi connectivity index (χ3n) is 3.57. The SMILES string of the molecule is N=c1n(CC(N)=O)c2ccccc2n1Cc1ccccc1Cl. The average molecular weight is 315 g/mol. The van der Waals surface area contributed by atoms with Gasteiger partial charge in [-0.3, -0.25) is 10.2 Å². The number of hydrogen-bond acceptors (Lipinski definition) is 2. The van der Waals surface area contributed by atoms with E-state index in [1.54, 1.807) is 4.57 Å². The van der Waals surface area contributed by atoms with Gasteiger partial charge >= 0.3 is 0 Å². The molecule has 5 nitrogen and oxygen atoms in total. The van der Waals surface area contributed by atoms with Crippen LogP contribution in [-0.4, -0.2) is 15.0 Å². The standard InChI is InChI=1S/C16H15ClN4O/c17-12-6-2-1-5-11(12)9-20-13-7-3-4-8-14(13)21(16(20)19)10-15(18)22/h1-8,19H,9-10H2,(H2,18,22). The molecule has 0 spiro atoms.